The normalized spacial score (nSPS) is 15.0. The van der Waals surface area contributed by atoms with E-state index >= 15 is 0 Å². The van der Waals surface area contributed by atoms with E-state index in [0.29, 0.717) is 23.9 Å². The van der Waals surface area contributed by atoms with E-state index in [1.165, 1.54) is 0 Å². The van der Waals surface area contributed by atoms with Crippen molar-refractivity contribution >= 4 is 29.9 Å². The Morgan fingerprint density at radius 3 is 2.71 bits per heavy atom. The van der Waals surface area contributed by atoms with Crippen molar-refractivity contribution in [3.05, 3.63) is 28.8 Å². The molecule has 2 N–H and O–H groups in total. The second-order valence-electron chi connectivity index (χ2n) is 5.79. The summed E-state index contributed by atoms with van der Waals surface area (Å²) in [6.45, 7) is 4.75. The van der Waals surface area contributed by atoms with Crippen molar-refractivity contribution < 1.29 is 14.3 Å². The molecule has 1 amide bonds. The molecule has 0 radical (unpaired) electrons. The van der Waals surface area contributed by atoms with Crippen molar-refractivity contribution in [3.63, 3.8) is 0 Å². The molecule has 136 valence electrons. The van der Waals surface area contributed by atoms with Gasteiger partial charge in [0.2, 0.25) is 0 Å². The summed E-state index contributed by atoms with van der Waals surface area (Å²) >= 11 is 5.97. The SMILES string of the molecule is Cc1cc(OCC(=O)N2CCC(OCCCN)CC2)ccc1Cl.Cl. The Morgan fingerprint density at radius 1 is 1.38 bits per heavy atom. The van der Waals surface area contributed by atoms with Crippen LogP contribution in [0.5, 0.6) is 5.75 Å². The predicted molar refractivity (Wildman–Crippen MR) is 98.2 cm³/mol. The average molecular weight is 377 g/mol. The zero-order valence-electron chi connectivity index (χ0n) is 14.0. The first-order valence-corrected chi connectivity index (χ1v) is 8.46. The molecule has 1 aliphatic heterocycles. The van der Waals surface area contributed by atoms with Crippen LogP contribution < -0.4 is 10.5 Å². The quantitative estimate of drug-likeness (QED) is 0.743. The van der Waals surface area contributed by atoms with Gasteiger partial charge in [-0.3, -0.25) is 4.79 Å². The van der Waals surface area contributed by atoms with Crippen molar-refractivity contribution in [1.82, 2.24) is 4.90 Å². The number of carbonyl (C=O) groups is 1. The summed E-state index contributed by atoms with van der Waals surface area (Å²) in [7, 11) is 0. The van der Waals surface area contributed by atoms with Crippen LogP contribution >= 0.6 is 24.0 Å². The number of ether oxygens (including phenoxy) is 2. The van der Waals surface area contributed by atoms with Crippen LogP contribution in [0.1, 0.15) is 24.8 Å². The maximum Gasteiger partial charge on any atom is 0.260 e. The van der Waals surface area contributed by atoms with E-state index in [2.05, 4.69) is 0 Å². The van der Waals surface area contributed by atoms with E-state index in [1.54, 1.807) is 12.1 Å². The van der Waals surface area contributed by atoms with E-state index < -0.39 is 0 Å². The van der Waals surface area contributed by atoms with Crippen LogP contribution in [-0.4, -0.2) is 49.8 Å². The molecular weight excluding hydrogens is 351 g/mol. The Bertz CT molecular complexity index is 521. The first kappa shape index (κ1) is 21.0. The summed E-state index contributed by atoms with van der Waals surface area (Å²) in [5.41, 5.74) is 6.39. The largest absolute Gasteiger partial charge is 0.484 e. The fraction of sp³-hybridized carbons (Fsp3) is 0.588. The highest BCUT2D eigenvalue weighted by molar-refractivity contribution is 6.31. The molecule has 2 rings (SSSR count). The van der Waals surface area contributed by atoms with Gasteiger partial charge in [-0.1, -0.05) is 11.6 Å². The van der Waals surface area contributed by atoms with E-state index in [-0.39, 0.29) is 31.0 Å². The van der Waals surface area contributed by atoms with Gasteiger partial charge in [0, 0.05) is 24.7 Å². The number of rotatable bonds is 7. The van der Waals surface area contributed by atoms with Crippen LogP contribution in [0.2, 0.25) is 5.02 Å². The van der Waals surface area contributed by atoms with E-state index in [1.807, 2.05) is 17.9 Å². The number of hydrogen-bond donors (Lipinski definition) is 1. The van der Waals surface area contributed by atoms with Crippen molar-refractivity contribution in [2.45, 2.75) is 32.3 Å². The maximum absolute atomic E-state index is 12.2. The molecule has 0 saturated carbocycles. The van der Waals surface area contributed by atoms with Crippen molar-refractivity contribution in [2.75, 3.05) is 32.8 Å². The number of halogens is 2. The summed E-state index contributed by atoms with van der Waals surface area (Å²) < 4.78 is 11.3. The predicted octanol–water partition coefficient (Wildman–Crippen LogP) is 2.81. The number of nitrogens with two attached hydrogens (primary N) is 1. The second kappa shape index (κ2) is 10.8. The molecule has 1 fully saturated rings. The number of carbonyl (C=O) groups excluding carboxylic acids is 1. The van der Waals surface area contributed by atoms with Crippen LogP contribution in [0.25, 0.3) is 0 Å². The molecule has 0 aliphatic carbocycles. The number of benzene rings is 1. The first-order valence-electron chi connectivity index (χ1n) is 8.08. The third-order valence-corrected chi connectivity index (χ3v) is 4.41. The molecule has 1 aliphatic rings. The number of aryl methyl sites for hydroxylation is 1. The molecule has 1 aromatic rings. The first-order chi connectivity index (χ1) is 11.1. The molecule has 0 atom stereocenters. The second-order valence-corrected chi connectivity index (χ2v) is 6.20. The number of piperidine rings is 1. The number of nitrogens with zero attached hydrogens (tertiary/aromatic N) is 1. The lowest BCUT2D eigenvalue weighted by Crippen LogP contribution is -2.43. The van der Waals surface area contributed by atoms with Crippen molar-refractivity contribution in [1.29, 1.82) is 0 Å². The van der Waals surface area contributed by atoms with Gasteiger partial charge in [-0.25, -0.2) is 0 Å². The van der Waals surface area contributed by atoms with Crippen LogP contribution in [0.4, 0.5) is 0 Å². The van der Waals surface area contributed by atoms with Crippen molar-refractivity contribution in [2.24, 2.45) is 5.73 Å². The maximum atomic E-state index is 12.2. The highest BCUT2D eigenvalue weighted by Gasteiger charge is 2.23. The standard InChI is InChI=1S/C17H25ClN2O3.ClH/c1-13-11-15(3-4-16(13)18)23-12-17(21)20-8-5-14(6-9-20)22-10-2-7-19;/h3-4,11,14H,2,5-10,12,19H2,1H3;1H. The fourth-order valence-electron chi connectivity index (χ4n) is 2.55. The van der Waals surface area contributed by atoms with Gasteiger partial charge in [-0.05, 0) is 56.5 Å². The molecule has 0 spiro atoms. The zero-order valence-corrected chi connectivity index (χ0v) is 15.6. The highest BCUT2D eigenvalue weighted by Crippen LogP contribution is 2.21. The minimum atomic E-state index is 0. The van der Waals surface area contributed by atoms with Gasteiger partial charge in [0.1, 0.15) is 5.75 Å². The number of hydrogen-bond acceptors (Lipinski definition) is 4. The Hall–Kier alpha value is -1.01. The number of amides is 1. The fourth-order valence-corrected chi connectivity index (χ4v) is 2.67. The van der Waals surface area contributed by atoms with Gasteiger partial charge in [0.25, 0.3) is 5.91 Å². The number of likely N-dealkylation sites (tertiary alicyclic amines) is 1. The lowest BCUT2D eigenvalue weighted by molar-refractivity contribution is -0.136. The summed E-state index contributed by atoms with van der Waals surface area (Å²) in [5.74, 6) is 0.679. The molecule has 1 aromatic carbocycles. The van der Waals surface area contributed by atoms with Crippen molar-refractivity contribution in [3.8, 4) is 5.75 Å². The lowest BCUT2D eigenvalue weighted by Gasteiger charge is -2.32. The molecular formula is C17H26Cl2N2O3. The summed E-state index contributed by atoms with van der Waals surface area (Å²) in [6.07, 6.45) is 2.87. The lowest BCUT2D eigenvalue weighted by atomic mass is 10.1. The van der Waals surface area contributed by atoms with E-state index in [0.717, 1.165) is 37.9 Å². The minimum absolute atomic E-state index is 0. The summed E-state index contributed by atoms with van der Waals surface area (Å²) in [4.78, 5) is 14.0. The zero-order chi connectivity index (χ0) is 16.7. The van der Waals surface area contributed by atoms with Gasteiger partial charge < -0.3 is 20.1 Å². The molecule has 0 unspecified atom stereocenters. The van der Waals surface area contributed by atoms with Gasteiger partial charge in [0.15, 0.2) is 6.61 Å². The van der Waals surface area contributed by atoms with Gasteiger partial charge in [-0.2, -0.15) is 0 Å². The summed E-state index contributed by atoms with van der Waals surface area (Å²) in [5, 5.41) is 0.695. The van der Waals surface area contributed by atoms with Crippen LogP contribution in [0, 0.1) is 6.92 Å². The average Bonchev–Trinajstić information content (AvgIpc) is 2.56. The molecule has 5 nitrogen and oxygen atoms in total. The third-order valence-electron chi connectivity index (χ3n) is 3.99. The molecule has 1 heterocycles. The van der Waals surface area contributed by atoms with Gasteiger partial charge in [0.05, 0.1) is 6.10 Å². The Labute approximate surface area is 154 Å². The third kappa shape index (κ3) is 6.48. The summed E-state index contributed by atoms with van der Waals surface area (Å²) in [6, 6.07) is 5.40. The molecule has 1 saturated heterocycles. The van der Waals surface area contributed by atoms with Gasteiger partial charge >= 0.3 is 0 Å². The topological polar surface area (TPSA) is 64.8 Å². The molecule has 24 heavy (non-hydrogen) atoms. The highest BCUT2D eigenvalue weighted by atomic mass is 35.5. The Morgan fingerprint density at radius 2 is 2.08 bits per heavy atom. The smallest absolute Gasteiger partial charge is 0.260 e. The van der Waals surface area contributed by atoms with E-state index in [9.17, 15) is 4.79 Å². The van der Waals surface area contributed by atoms with Gasteiger partial charge in [-0.15, -0.1) is 12.4 Å². The van der Waals surface area contributed by atoms with Crippen LogP contribution in [-0.2, 0) is 9.53 Å². The van der Waals surface area contributed by atoms with Crippen LogP contribution in [0.15, 0.2) is 18.2 Å². The van der Waals surface area contributed by atoms with Crippen LogP contribution in [0.3, 0.4) is 0 Å². The molecule has 7 heteroatoms. The Balaban J connectivity index is 0.00000288. The molecule has 0 bridgehead atoms. The molecule has 0 aromatic heterocycles. The van der Waals surface area contributed by atoms with E-state index in [4.69, 9.17) is 26.8 Å². The Kier molecular flexibility index (Phi) is 9.44. The monoisotopic (exact) mass is 376 g/mol. The minimum Gasteiger partial charge on any atom is -0.484 e.